The molecule has 0 unspecified atom stereocenters. The van der Waals surface area contributed by atoms with Crippen molar-refractivity contribution in [2.45, 2.75) is 12.8 Å². The van der Waals surface area contributed by atoms with Gasteiger partial charge in [-0.25, -0.2) is 0 Å². The third kappa shape index (κ3) is 9.95. The number of hydrogen-bond acceptors (Lipinski definition) is 5. The monoisotopic (exact) mass is 206 g/mol. The second kappa shape index (κ2) is 10.9. The van der Waals surface area contributed by atoms with Crippen LogP contribution in [0.1, 0.15) is 12.8 Å². The molecule has 0 aliphatic carbocycles. The second-order valence-electron chi connectivity index (χ2n) is 2.74. The lowest BCUT2D eigenvalue weighted by Gasteiger charge is -2.07. The van der Waals surface area contributed by atoms with Crippen molar-refractivity contribution >= 4 is 7.32 Å². The van der Waals surface area contributed by atoms with Crippen LogP contribution in [0, 0.1) is 0 Å². The molecule has 5 nitrogen and oxygen atoms in total. The van der Waals surface area contributed by atoms with Gasteiger partial charge in [0, 0.05) is 40.6 Å². The van der Waals surface area contributed by atoms with Gasteiger partial charge >= 0.3 is 7.32 Å². The first-order chi connectivity index (χ1) is 6.81. The van der Waals surface area contributed by atoms with Crippen LogP contribution < -0.4 is 0 Å². The van der Waals surface area contributed by atoms with E-state index < -0.39 is 7.32 Å². The van der Waals surface area contributed by atoms with E-state index in [9.17, 15) is 0 Å². The maximum atomic E-state index is 9.12. The van der Waals surface area contributed by atoms with E-state index in [1.165, 1.54) is 0 Å². The summed E-state index contributed by atoms with van der Waals surface area (Å²) in [6.45, 7) is 2.10. The molecule has 6 heteroatoms. The van der Waals surface area contributed by atoms with Crippen LogP contribution in [0.15, 0.2) is 0 Å². The van der Waals surface area contributed by atoms with E-state index in [-0.39, 0.29) is 0 Å². The normalized spacial score (nSPS) is 10.5. The molecule has 0 heterocycles. The summed E-state index contributed by atoms with van der Waals surface area (Å²) in [5.74, 6) is 0. The molecule has 1 N–H and O–H groups in total. The van der Waals surface area contributed by atoms with E-state index in [0.717, 1.165) is 12.8 Å². The topological polar surface area (TPSA) is 57.2 Å². The van der Waals surface area contributed by atoms with Crippen molar-refractivity contribution in [3.63, 3.8) is 0 Å². The molecule has 0 atom stereocenters. The molecule has 14 heavy (non-hydrogen) atoms. The first kappa shape index (κ1) is 13.9. The van der Waals surface area contributed by atoms with Gasteiger partial charge in [-0.15, -0.1) is 0 Å². The quantitative estimate of drug-likeness (QED) is 0.405. The molecule has 0 saturated carbocycles. The lowest BCUT2D eigenvalue weighted by molar-refractivity contribution is 0.103. The van der Waals surface area contributed by atoms with Crippen molar-refractivity contribution in [1.82, 2.24) is 0 Å². The summed E-state index contributed by atoms with van der Waals surface area (Å²) in [5.41, 5.74) is 0. The largest absolute Gasteiger partial charge is 0.636 e. The number of methoxy groups -OCH3 is 2. The number of rotatable bonds is 10. The molecule has 0 aliphatic rings. The van der Waals surface area contributed by atoms with Crippen molar-refractivity contribution in [2.75, 3.05) is 40.6 Å². The van der Waals surface area contributed by atoms with Crippen molar-refractivity contribution < 1.29 is 23.8 Å². The second-order valence-corrected chi connectivity index (χ2v) is 2.74. The standard InChI is InChI=1S/C8H19BO5/c1-11-5-3-7-13-9(10)14-8-4-6-12-2/h10H,3-8H2,1-2H3. The molecule has 0 amide bonds. The van der Waals surface area contributed by atoms with Gasteiger partial charge in [0.05, 0.1) is 0 Å². The van der Waals surface area contributed by atoms with Crippen LogP contribution in [0.3, 0.4) is 0 Å². The van der Waals surface area contributed by atoms with Gasteiger partial charge in [0.25, 0.3) is 0 Å². The lowest BCUT2D eigenvalue weighted by atomic mass is 10.2. The fourth-order valence-electron chi connectivity index (χ4n) is 0.823. The van der Waals surface area contributed by atoms with Crippen molar-refractivity contribution in [2.24, 2.45) is 0 Å². The van der Waals surface area contributed by atoms with Gasteiger partial charge < -0.3 is 23.8 Å². The van der Waals surface area contributed by atoms with Gasteiger partial charge in [0.15, 0.2) is 0 Å². The zero-order chi connectivity index (χ0) is 10.6. The molecular weight excluding hydrogens is 187 g/mol. The molecule has 0 fully saturated rings. The molecule has 0 aromatic heterocycles. The predicted octanol–water partition coefficient (Wildman–Crippen LogP) is 0.0698. The fourth-order valence-corrected chi connectivity index (χ4v) is 0.823. The Morgan fingerprint density at radius 2 is 1.29 bits per heavy atom. The van der Waals surface area contributed by atoms with Gasteiger partial charge in [-0.1, -0.05) is 0 Å². The Balaban J connectivity index is 3.07. The summed E-state index contributed by atoms with van der Waals surface area (Å²) in [6.07, 6.45) is 1.49. The number of ether oxygens (including phenoxy) is 2. The molecule has 0 saturated heterocycles. The summed E-state index contributed by atoms with van der Waals surface area (Å²) in [6, 6.07) is 0. The van der Waals surface area contributed by atoms with E-state index in [1.54, 1.807) is 14.2 Å². The van der Waals surface area contributed by atoms with Crippen LogP contribution in [-0.2, 0) is 18.8 Å². The Morgan fingerprint density at radius 1 is 0.857 bits per heavy atom. The highest BCUT2D eigenvalue weighted by atomic mass is 16.7. The van der Waals surface area contributed by atoms with Crippen LogP contribution in [0.4, 0.5) is 0 Å². The molecule has 0 bridgehead atoms. The van der Waals surface area contributed by atoms with Gasteiger partial charge in [0.1, 0.15) is 0 Å². The Morgan fingerprint density at radius 3 is 1.64 bits per heavy atom. The van der Waals surface area contributed by atoms with Crippen LogP contribution in [-0.4, -0.2) is 53.0 Å². The summed E-state index contributed by atoms with van der Waals surface area (Å²) in [7, 11) is 2.11. The smallest absolute Gasteiger partial charge is 0.402 e. The van der Waals surface area contributed by atoms with E-state index in [0.29, 0.717) is 26.4 Å². The van der Waals surface area contributed by atoms with Crippen molar-refractivity contribution in [1.29, 1.82) is 0 Å². The summed E-state index contributed by atoms with van der Waals surface area (Å²) >= 11 is 0. The highest BCUT2D eigenvalue weighted by molar-refractivity contribution is 6.34. The minimum Gasteiger partial charge on any atom is -0.402 e. The Kier molecular flexibility index (Phi) is 10.8. The lowest BCUT2D eigenvalue weighted by Crippen LogP contribution is -2.24. The third-order valence-electron chi connectivity index (χ3n) is 1.51. The molecule has 0 spiro atoms. The molecule has 0 aromatic rings. The summed E-state index contributed by atoms with van der Waals surface area (Å²) < 4.78 is 19.5. The van der Waals surface area contributed by atoms with Crippen LogP contribution in [0.2, 0.25) is 0 Å². The van der Waals surface area contributed by atoms with Crippen LogP contribution >= 0.6 is 0 Å². The zero-order valence-corrected chi connectivity index (χ0v) is 8.90. The Labute approximate surface area is 85.5 Å². The Bertz CT molecular complexity index is 102. The summed E-state index contributed by atoms with van der Waals surface area (Å²) in [4.78, 5) is 0. The SMILES string of the molecule is COCCCOB(O)OCCCOC. The predicted molar refractivity (Wildman–Crippen MR) is 52.9 cm³/mol. The molecule has 0 aliphatic heterocycles. The molecule has 0 aromatic carbocycles. The van der Waals surface area contributed by atoms with Gasteiger partial charge in [-0.2, -0.15) is 0 Å². The first-order valence-corrected chi connectivity index (χ1v) is 4.70. The fraction of sp³-hybridized carbons (Fsp3) is 1.00. The van der Waals surface area contributed by atoms with E-state index in [2.05, 4.69) is 0 Å². The van der Waals surface area contributed by atoms with Gasteiger partial charge in [-0.3, -0.25) is 0 Å². The number of hydrogen-bond donors (Lipinski definition) is 1. The summed E-state index contributed by atoms with van der Waals surface area (Å²) in [5, 5.41) is 9.12. The zero-order valence-electron chi connectivity index (χ0n) is 8.90. The van der Waals surface area contributed by atoms with Crippen molar-refractivity contribution in [3.05, 3.63) is 0 Å². The highest BCUT2D eigenvalue weighted by Gasteiger charge is 2.14. The Hall–Kier alpha value is -0.135. The van der Waals surface area contributed by atoms with Gasteiger partial charge in [-0.05, 0) is 12.8 Å². The highest BCUT2D eigenvalue weighted by Crippen LogP contribution is 1.91. The minimum absolute atomic E-state index is 0.430. The van der Waals surface area contributed by atoms with E-state index in [1.807, 2.05) is 0 Å². The van der Waals surface area contributed by atoms with E-state index in [4.69, 9.17) is 23.8 Å². The van der Waals surface area contributed by atoms with Crippen LogP contribution in [0.25, 0.3) is 0 Å². The molecule has 0 radical (unpaired) electrons. The van der Waals surface area contributed by atoms with Crippen molar-refractivity contribution in [3.8, 4) is 0 Å². The molecular formula is C8H19BO5. The first-order valence-electron chi connectivity index (χ1n) is 4.70. The molecule has 84 valence electrons. The maximum absolute atomic E-state index is 9.12. The average molecular weight is 206 g/mol. The molecule has 0 rings (SSSR count). The van der Waals surface area contributed by atoms with Gasteiger partial charge in [0.2, 0.25) is 0 Å². The minimum atomic E-state index is -1.14. The van der Waals surface area contributed by atoms with E-state index >= 15 is 0 Å². The van der Waals surface area contributed by atoms with Crippen LogP contribution in [0.5, 0.6) is 0 Å². The average Bonchev–Trinajstić information content (AvgIpc) is 2.19. The maximum Gasteiger partial charge on any atom is 0.636 e. The third-order valence-corrected chi connectivity index (χ3v) is 1.51.